The third-order valence-electron chi connectivity index (χ3n) is 4.73. The van der Waals surface area contributed by atoms with Crippen LogP contribution in [-0.4, -0.2) is 37.4 Å². The molecular formula is C22H25N3O4. The van der Waals surface area contributed by atoms with Crippen LogP contribution in [-0.2, 0) is 9.59 Å². The van der Waals surface area contributed by atoms with Crippen LogP contribution in [0.4, 0.5) is 11.4 Å². The average molecular weight is 395 g/mol. The molecular weight excluding hydrogens is 370 g/mol. The number of nitrogens with one attached hydrogen (secondary N) is 2. The van der Waals surface area contributed by atoms with Gasteiger partial charge in [0.2, 0.25) is 11.8 Å². The molecule has 3 amide bonds. The zero-order valence-electron chi connectivity index (χ0n) is 16.8. The summed E-state index contributed by atoms with van der Waals surface area (Å²) in [5.41, 5.74) is 1.56. The van der Waals surface area contributed by atoms with E-state index >= 15 is 0 Å². The largest absolute Gasteiger partial charge is 0.497 e. The molecule has 152 valence electrons. The highest BCUT2D eigenvalue weighted by molar-refractivity contribution is 6.07. The van der Waals surface area contributed by atoms with E-state index in [9.17, 15) is 14.4 Å². The Morgan fingerprint density at radius 1 is 1.10 bits per heavy atom. The molecule has 7 nitrogen and oxygen atoms in total. The van der Waals surface area contributed by atoms with Crippen LogP contribution >= 0.6 is 0 Å². The van der Waals surface area contributed by atoms with Crippen molar-refractivity contribution in [2.45, 2.75) is 26.3 Å². The molecule has 1 heterocycles. The van der Waals surface area contributed by atoms with Gasteiger partial charge in [-0.15, -0.1) is 0 Å². The molecule has 0 spiro atoms. The van der Waals surface area contributed by atoms with Crippen LogP contribution in [0, 0.1) is 5.92 Å². The lowest BCUT2D eigenvalue weighted by Crippen LogP contribution is -2.32. The number of carbonyl (C=O) groups excluding carboxylic acids is 3. The van der Waals surface area contributed by atoms with Gasteiger partial charge in [-0.3, -0.25) is 14.4 Å². The standard InChI is InChI=1S/C22H25N3O4/c1-14(2)23-22(28)18-6-4-5-7-19(18)24-21(27)15-12-20(26)25(13-15)16-8-10-17(29-3)11-9-16/h4-11,14-15H,12-13H2,1-3H3,(H,23,28)(H,24,27). The Bertz CT molecular complexity index is 909. The van der Waals surface area contributed by atoms with Crippen molar-refractivity contribution in [1.29, 1.82) is 0 Å². The van der Waals surface area contributed by atoms with E-state index in [-0.39, 0.29) is 36.7 Å². The molecule has 0 radical (unpaired) electrons. The number of hydrogen-bond donors (Lipinski definition) is 2. The molecule has 1 fully saturated rings. The summed E-state index contributed by atoms with van der Waals surface area (Å²) in [6.07, 6.45) is 0.123. The Morgan fingerprint density at radius 2 is 1.79 bits per heavy atom. The minimum absolute atomic E-state index is 0.0169. The van der Waals surface area contributed by atoms with E-state index in [0.717, 1.165) is 5.69 Å². The molecule has 0 aliphatic carbocycles. The van der Waals surface area contributed by atoms with E-state index in [1.54, 1.807) is 60.5 Å². The number of benzene rings is 2. The number of ether oxygens (including phenoxy) is 1. The van der Waals surface area contributed by atoms with Gasteiger partial charge in [0, 0.05) is 24.7 Å². The first-order valence-corrected chi connectivity index (χ1v) is 9.54. The van der Waals surface area contributed by atoms with Crippen molar-refractivity contribution in [3.63, 3.8) is 0 Å². The third kappa shape index (κ3) is 4.74. The predicted molar refractivity (Wildman–Crippen MR) is 111 cm³/mol. The number of para-hydroxylation sites is 1. The third-order valence-corrected chi connectivity index (χ3v) is 4.73. The SMILES string of the molecule is COc1ccc(N2CC(C(=O)Nc3ccccc3C(=O)NC(C)C)CC2=O)cc1. The normalized spacial score (nSPS) is 16.1. The Kier molecular flexibility index (Phi) is 6.16. The van der Waals surface area contributed by atoms with Gasteiger partial charge in [-0.2, -0.15) is 0 Å². The van der Waals surface area contributed by atoms with Crippen LogP contribution in [0.2, 0.25) is 0 Å². The van der Waals surface area contributed by atoms with Gasteiger partial charge in [-0.25, -0.2) is 0 Å². The van der Waals surface area contributed by atoms with Gasteiger partial charge in [0.15, 0.2) is 0 Å². The van der Waals surface area contributed by atoms with Crippen molar-refractivity contribution in [1.82, 2.24) is 5.32 Å². The Balaban J connectivity index is 1.70. The monoisotopic (exact) mass is 395 g/mol. The molecule has 0 aromatic heterocycles. The second-order valence-electron chi connectivity index (χ2n) is 7.27. The summed E-state index contributed by atoms with van der Waals surface area (Å²) in [7, 11) is 1.58. The molecule has 1 saturated heterocycles. The van der Waals surface area contributed by atoms with Crippen LogP contribution in [0.1, 0.15) is 30.6 Å². The van der Waals surface area contributed by atoms with Crippen molar-refractivity contribution in [3.05, 3.63) is 54.1 Å². The summed E-state index contributed by atoms with van der Waals surface area (Å²) >= 11 is 0. The van der Waals surface area contributed by atoms with Gasteiger partial charge in [0.05, 0.1) is 24.3 Å². The van der Waals surface area contributed by atoms with Gasteiger partial charge in [-0.1, -0.05) is 12.1 Å². The first-order valence-electron chi connectivity index (χ1n) is 9.54. The summed E-state index contributed by atoms with van der Waals surface area (Å²) in [5, 5.41) is 5.64. The summed E-state index contributed by atoms with van der Waals surface area (Å²) in [5.74, 6) is -0.435. The quantitative estimate of drug-likeness (QED) is 0.787. The lowest BCUT2D eigenvalue weighted by atomic mass is 10.1. The number of carbonyl (C=O) groups is 3. The summed E-state index contributed by atoms with van der Waals surface area (Å²) in [6.45, 7) is 4.03. The average Bonchev–Trinajstić information content (AvgIpc) is 3.09. The maximum Gasteiger partial charge on any atom is 0.253 e. The molecule has 2 aromatic rings. The topological polar surface area (TPSA) is 87.7 Å². The Morgan fingerprint density at radius 3 is 2.45 bits per heavy atom. The maximum absolute atomic E-state index is 12.8. The van der Waals surface area contributed by atoms with E-state index in [4.69, 9.17) is 4.74 Å². The number of amides is 3. The van der Waals surface area contributed by atoms with Crippen molar-refractivity contribution in [2.75, 3.05) is 23.9 Å². The smallest absolute Gasteiger partial charge is 0.253 e. The molecule has 2 aromatic carbocycles. The highest BCUT2D eigenvalue weighted by atomic mass is 16.5. The number of nitrogens with zero attached hydrogens (tertiary/aromatic N) is 1. The Labute approximate surface area is 170 Å². The molecule has 2 N–H and O–H groups in total. The van der Waals surface area contributed by atoms with Crippen LogP contribution in [0.3, 0.4) is 0 Å². The number of methoxy groups -OCH3 is 1. The van der Waals surface area contributed by atoms with Crippen molar-refractivity contribution in [3.8, 4) is 5.75 Å². The minimum Gasteiger partial charge on any atom is -0.497 e. The van der Waals surface area contributed by atoms with Crippen LogP contribution < -0.4 is 20.3 Å². The first kappa shape index (κ1) is 20.4. The van der Waals surface area contributed by atoms with Crippen LogP contribution in [0.15, 0.2) is 48.5 Å². The van der Waals surface area contributed by atoms with E-state index in [1.165, 1.54) is 0 Å². The molecule has 7 heteroatoms. The molecule has 0 saturated carbocycles. The van der Waals surface area contributed by atoms with Crippen molar-refractivity contribution >= 4 is 29.1 Å². The van der Waals surface area contributed by atoms with Crippen LogP contribution in [0.5, 0.6) is 5.75 Å². The van der Waals surface area contributed by atoms with E-state index < -0.39 is 5.92 Å². The minimum atomic E-state index is -0.495. The second kappa shape index (κ2) is 8.77. The van der Waals surface area contributed by atoms with Crippen LogP contribution in [0.25, 0.3) is 0 Å². The number of rotatable bonds is 6. The Hall–Kier alpha value is -3.35. The first-order chi connectivity index (χ1) is 13.9. The lowest BCUT2D eigenvalue weighted by Gasteiger charge is -2.18. The molecule has 0 bridgehead atoms. The van der Waals surface area contributed by atoms with E-state index in [2.05, 4.69) is 10.6 Å². The molecule has 1 aliphatic heterocycles. The number of hydrogen-bond acceptors (Lipinski definition) is 4. The molecule has 1 atom stereocenters. The summed E-state index contributed by atoms with van der Waals surface area (Å²) in [4.78, 5) is 39.2. The second-order valence-corrected chi connectivity index (χ2v) is 7.27. The van der Waals surface area contributed by atoms with Crippen molar-refractivity contribution in [2.24, 2.45) is 5.92 Å². The zero-order chi connectivity index (χ0) is 21.0. The maximum atomic E-state index is 12.8. The fourth-order valence-corrected chi connectivity index (χ4v) is 3.26. The summed E-state index contributed by atoms with van der Waals surface area (Å²) in [6, 6.07) is 14.0. The van der Waals surface area contributed by atoms with Gasteiger partial charge >= 0.3 is 0 Å². The van der Waals surface area contributed by atoms with E-state index in [1.807, 2.05) is 13.8 Å². The molecule has 3 rings (SSSR count). The number of anilines is 2. The van der Waals surface area contributed by atoms with Gasteiger partial charge < -0.3 is 20.3 Å². The predicted octanol–water partition coefficient (Wildman–Crippen LogP) is 2.83. The van der Waals surface area contributed by atoms with Gasteiger partial charge in [0.1, 0.15) is 5.75 Å². The highest BCUT2D eigenvalue weighted by Gasteiger charge is 2.35. The lowest BCUT2D eigenvalue weighted by molar-refractivity contribution is -0.122. The van der Waals surface area contributed by atoms with Crippen molar-refractivity contribution < 1.29 is 19.1 Å². The fraction of sp³-hybridized carbons (Fsp3) is 0.318. The van der Waals surface area contributed by atoms with Gasteiger partial charge in [0.25, 0.3) is 5.91 Å². The highest BCUT2D eigenvalue weighted by Crippen LogP contribution is 2.28. The summed E-state index contributed by atoms with van der Waals surface area (Å²) < 4.78 is 5.14. The van der Waals surface area contributed by atoms with Gasteiger partial charge in [-0.05, 0) is 50.2 Å². The molecule has 1 aliphatic rings. The van der Waals surface area contributed by atoms with E-state index in [0.29, 0.717) is 17.0 Å². The molecule has 1 unspecified atom stereocenters. The fourth-order valence-electron chi connectivity index (χ4n) is 3.26. The molecule has 29 heavy (non-hydrogen) atoms. The zero-order valence-corrected chi connectivity index (χ0v) is 16.8.